The first-order chi connectivity index (χ1) is 8.03. The zero-order valence-electron chi connectivity index (χ0n) is 8.75. The molecule has 0 aromatic rings. The zero-order valence-corrected chi connectivity index (χ0v) is 11.2. The molecule has 1 aliphatic heterocycles. The van der Waals surface area contributed by atoms with Crippen molar-refractivity contribution in [3.8, 4) is 0 Å². The van der Waals surface area contributed by atoms with Crippen LogP contribution in [0.5, 0.6) is 0 Å². The topological polar surface area (TPSA) is 79.2 Å². The van der Waals surface area contributed by atoms with Gasteiger partial charge in [0.15, 0.2) is 5.71 Å². The van der Waals surface area contributed by atoms with Gasteiger partial charge in [-0.15, -0.1) is 23.2 Å². The number of carboxylic acids is 1. The Kier molecular flexibility index (Phi) is 5.46. The van der Waals surface area contributed by atoms with Gasteiger partial charge in [0.05, 0.1) is 6.26 Å². The Morgan fingerprint density at radius 3 is 2.53 bits per heavy atom. The summed E-state index contributed by atoms with van der Waals surface area (Å²) < 4.78 is 22.2. The molecule has 0 spiro atoms. The molecule has 0 saturated heterocycles. The Labute approximate surface area is 108 Å². The Balaban J connectivity index is 2.96. The summed E-state index contributed by atoms with van der Waals surface area (Å²) in [4.78, 5) is 10.8. The van der Waals surface area contributed by atoms with Crippen molar-refractivity contribution in [3.63, 3.8) is 0 Å². The standard InChI is InChI=1S/C8H11Cl2N2O4P/c9-2-4-12(5-3-10)17(15)11-7(8(13)14)1-6-16-17/h1,6H,2-5H2,(H,13,14). The molecule has 0 radical (unpaired) electrons. The molecule has 1 heterocycles. The van der Waals surface area contributed by atoms with Gasteiger partial charge in [-0.2, -0.15) is 4.76 Å². The second-order valence-electron chi connectivity index (χ2n) is 3.02. The van der Waals surface area contributed by atoms with Gasteiger partial charge in [-0.3, -0.25) is 0 Å². The molecule has 0 aromatic heterocycles. The van der Waals surface area contributed by atoms with Crippen LogP contribution >= 0.6 is 30.9 Å². The van der Waals surface area contributed by atoms with E-state index in [1.165, 1.54) is 4.67 Å². The summed E-state index contributed by atoms with van der Waals surface area (Å²) in [7, 11) is -3.58. The quantitative estimate of drug-likeness (QED) is 0.599. The monoisotopic (exact) mass is 300 g/mol. The molecule has 1 rings (SSSR count). The minimum Gasteiger partial charge on any atom is -0.477 e. The molecule has 1 unspecified atom stereocenters. The van der Waals surface area contributed by atoms with E-state index in [1.807, 2.05) is 0 Å². The summed E-state index contributed by atoms with van der Waals surface area (Å²) in [5, 5.41) is 8.78. The van der Waals surface area contributed by atoms with Crippen LogP contribution in [0, 0.1) is 0 Å². The molecule has 0 aliphatic carbocycles. The van der Waals surface area contributed by atoms with Crippen LogP contribution in [-0.4, -0.2) is 46.3 Å². The van der Waals surface area contributed by atoms with Crippen LogP contribution in [0.2, 0.25) is 0 Å². The molecule has 9 heteroatoms. The number of halogens is 2. The smallest absolute Gasteiger partial charge is 0.441 e. The molecule has 1 aliphatic rings. The van der Waals surface area contributed by atoms with Crippen molar-refractivity contribution in [1.29, 1.82) is 0 Å². The number of carboxylic acid groups (broad SMARTS) is 1. The second kappa shape index (κ2) is 6.40. The lowest BCUT2D eigenvalue weighted by Crippen LogP contribution is -2.27. The number of nitrogens with zero attached hydrogens (tertiary/aromatic N) is 2. The van der Waals surface area contributed by atoms with Gasteiger partial charge in [-0.05, 0) is 0 Å². The molecular formula is C8H11Cl2N2O4P. The fraction of sp³-hybridized carbons (Fsp3) is 0.500. The third-order valence-electron chi connectivity index (χ3n) is 1.92. The average Bonchev–Trinajstić information content (AvgIpc) is 2.29. The molecule has 0 aromatic carbocycles. The van der Waals surface area contributed by atoms with Crippen LogP contribution in [0.15, 0.2) is 17.1 Å². The molecule has 0 amide bonds. The van der Waals surface area contributed by atoms with E-state index in [1.54, 1.807) is 0 Å². The summed E-state index contributed by atoms with van der Waals surface area (Å²) in [6.45, 7) is 0.492. The van der Waals surface area contributed by atoms with Gasteiger partial charge in [0, 0.05) is 30.9 Å². The fourth-order valence-corrected chi connectivity index (χ4v) is 3.47. The van der Waals surface area contributed by atoms with Crippen molar-refractivity contribution in [2.24, 2.45) is 4.76 Å². The fourth-order valence-electron chi connectivity index (χ4n) is 1.17. The van der Waals surface area contributed by atoms with Crippen LogP contribution in [-0.2, 0) is 13.9 Å². The number of hydrogen-bond donors (Lipinski definition) is 1. The van der Waals surface area contributed by atoms with E-state index in [2.05, 4.69) is 4.76 Å². The SMILES string of the molecule is O=C(O)C1=NP(=O)(N(CCCl)CCCl)OC=C1. The molecule has 1 atom stereocenters. The van der Waals surface area contributed by atoms with Gasteiger partial charge in [0.25, 0.3) is 0 Å². The predicted octanol–water partition coefficient (Wildman–Crippen LogP) is 1.94. The van der Waals surface area contributed by atoms with E-state index in [9.17, 15) is 9.36 Å². The molecule has 17 heavy (non-hydrogen) atoms. The highest BCUT2D eigenvalue weighted by Crippen LogP contribution is 2.54. The number of aliphatic carboxylic acids is 1. The first kappa shape index (κ1) is 14.5. The van der Waals surface area contributed by atoms with E-state index < -0.39 is 13.6 Å². The maximum absolute atomic E-state index is 12.3. The second-order valence-corrected chi connectivity index (χ2v) is 5.73. The predicted molar refractivity (Wildman–Crippen MR) is 65.9 cm³/mol. The highest BCUT2D eigenvalue weighted by atomic mass is 35.5. The van der Waals surface area contributed by atoms with E-state index >= 15 is 0 Å². The van der Waals surface area contributed by atoms with Gasteiger partial charge in [0.2, 0.25) is 0 Å². The molecule has 6 nitrogen and oxygen atoms in total. The van der Waals surface area contributed by atoms with Gasteiger partial charge < -0.3 is 9.63 Å². The highest BCUT2D eigenvalue weighted by molar-refractivity contribution is 7.55. The van der Waals surface area contributed by atoms with E-state index in [4.69, 9.17) is 32.8 Å². The van der Waals surface area contributed by atoms with Crippen molar-refractivity contribution in [1.82, 2.24) is 4.67 Å². The number of alkyl halides is 2. The summed E-state index contributed by atoms with van der Waals surface area (Å²) in [6, 6.07) is 0. The van der Waals surface area contributed by atoms with Gasteiger partial charge >= 0.3 is 13.6 Å². The maximum atomic E-state index is 12.3. The average molecular weight is 301 g/mol. The van der Waals surface area contributed by atoms with Crippen LogP contribution < -0.4 is 0 Å². The van der Waals surface area contributed by atoms with Crippen molar-refractivity contribution < 1.29 is 19.0 Å². The van der Waals surface area contributed by atoms with E-state index in [-0.39, 0.29) is 30.6 Å². The van der Waals surface area contributed by atoms with Crippen molar-refractivity contribution >= 4 is 42.6 Å². The van der Waals surface area contributed by atoms with Crippen molar-refractivity contribution in [2.45, 2.75) is 0 Å². The largest absolute Gasteiger partial charge is 0.477 e. The Hall–Kier alpha value is -0.550. The van der Waals surface area contributed by atoms with Crippen LogP contribution in [0.25, 0.3) is 0 Å². The van der Waals surface area contributed by atoms with Gasteiger partial charge in [-0.1, -0.05) is 0 Å². The van der Waals surface area contributed by atoms with Gasteiger partial charge in [-0.25, -0.2) is 14.0 Å². The zero-order chi connectivity index (χ0) is 12.9. The third-order valence-corrected chi connectivity index (χ3v) is 4.24. The van der Waals surface area contributed by atoms with Crippen LogP contribution in [0.3, 0.4) is 0 Å². The van der Waals surface area contributed by atoms with Crippen LogP contribution in [0.4, 0.5) is 0 Å². The van der Waals surface area contributed by atoms with Crippen molar-refractivity contribution in [2.75, 3.05) is 24.8 Å². The summed E-state index contributed by atoms with van der Waals surface area (Å²) in [5.41, 5.74) is -0.311. The minimum atomic E-state index is -3.58. The van der Waals surface area contributed by atoms with Crippen molar-refractivity contribution in [3.05, 3.63) is 12.3 Å². The maximum Gasteiger partial charge on any atom is 0.441 e. The Morgan fingerprint density at radius 1 is 1.47 bits per heavy atom. The lowest BCUT2D eigenvalue weighted by atomic mass is 10.4. The summed E-state index contributed by atoms with van der Waals surface area (Å²) in [6.07, 6.45) is 2.20. The molecule has 0 saturated carbocycles. The lowest BCUT2D eigenvalue weighted by molar-refractivity contribution is -0.129. The van der Waals surface area contributed by atoms with Gasteiger partial charge in [0.1, 0.15) is 0 Å². The number of carbonyl (C=O) groups is 1. The van der Waals surface area contributed by atoms with Crippen LogP contribution in [0.1, 0.15) is 0 Å². The molecule has 96 valence electrons. The molecule has 0 bridgehead atoms. The number of rotatable bonds is 6. The first-order valence-electron chi connectivity index (χ1n) is 4.69. The summed E-state index contributed by atoms with van der Waals surface area (Å²) >= 11 is 11.1. The molecular weight excluding hydrogens is 290 g/mol. The normalized spacial score (nSPS) is 23.4. The third kappa shape index (κ3) is 3.71. The lowest BCUT2D eigenvalue weighted by Gasteiger charge is -2.27. The minimum absolute atomic E-state index is 0.214. The Bertz CT molecular complexity index is 393. The van der Waals surface area contributed by atoms with E-state index in [0.717, 1.165) is 12.3 Å². The highest BCUT2D eigenvalue weighted by Gasteiger charge is 2.34. The molecule has 1 N–H and O–H groups in total. The molecule has 0 fully saturated rings. The van der Waals surface area contributed by atoms with E-state index in [0.29, 0.717) is 0 Å². The first-order valence-corrected chi connectivity index (χ1v) is 7.29. The summed E-state index contributed by atoms with van der Waals surface area (Å²) in [5.74, 6) is -0.834. The number of hydrogen-bond acceptors (Lipinski definition) is 3. The Morgan fingerprint density at radius 2 is 2.06 bits per heavy atom.